The lowest BCUT2D eigenvalue weighted by Gasteiger charge is -2.40. The third-order valence-corrected chi connectivity index (χ3v) is 4.12. The average molecular weight is 249 g/mol. The molecular formula is C12H18F3NO. The van der Waals surface area contributed by atoms with E-state index in [1.54, 1.807) is 6.92 Å². The monoisotopic (exact) mass is 249 g/mol. The van der Waals surface area contributed by atoms with E-state index in [4.69, 9.17) is 0 Å². The van der Waals surface area contributed by atoms with E-state index in [0.29, 0.717) is 18.8 Å². The molecule has 98 valence electrons. The molecule has 3 atom stereocenters. The molecular weight excluding hydrogens is 231 g/mol. The van der Waals surface area contributed by atoms with Gasteiger partial charge in [0.05, 0.1) is 0 Å². The summed E-state index contributed by atoms with van der Waals surface area (Å²) in [6, 6.07) is 0. The summed E-state index contributed by atoms with van der Waals surface area (Å²) < 4.78 is 37.7. The molecule has 0 radical (unpaired) electrons. The van der Waals surface area contributed by atoms with Gasteiger partial charge in [-0.2, -0.15) is 13.2 Å². The zero-order chi connectivity index (χ0) is 13.1. The molecule has 2 rings (SSSR count). The molecule has 0 N–H and O–H groups in total. The summed E-state index contributed by atoms with van der Waals surface area (Å²) in [5.41, 5.74) is -0.758. The van der Waals surface area contributed by atoms with E-state index in [0.717, 1.165) is 11.3 Å². The first-order chi connectivity index (χ1) is 7.56. The van der Waals surface area contributed by atoms with Crippen molar-refractivity contribution >= 4 is 5.91 Å². The van der Waals surface area contributed by atoms with Gasteiger partial charge in [0.25, 0.3) is 0 Å². The van der Waals surface area contributed by atoms with Crippen molar-refractivity contribution in [1.29, 1.82) is 0 Å². The van der Waals surface area contributed by atoms with Gasteiger partial charge in [-0.25, -0.2) is 0 Å². The number of rotatable bonds is 0. The van der Waals surface area contributed by atoms with Crippen molar-refractivity contribution in [2.24, 2.45) is 11.3 Å². The fourth-order valence-corrected chi connectivity index (χ4v) is 4.10. The van der Waals surface area contributed by atoms with E-state index < -0.39 is 17.6 Å². The number of carbonyl (C=O) groups is 1. The van der Waals surface area contributed by atoms with Crippen LogP contribution < -0.4 is 0 Å². The first-order valence-electron chi connectivity index (χ1n) is 5.95. The van der Waals surface area contributed by atoms with Crippen LogP contribution in [0.15, 0.2) is 0 Å². The number of amides is 1. The third-order valence-electron chi connectivity index (χ3n) is 4.12. The Balaban J connectivity index is 2.30. The zero-order valence-corrected chi connectivity index (χ0v) is 10.4. The molecule has 17 heavy (non-hydrogen) atoms. The summed E-state index contributed by atoms with van der Waals surface area (Å²) in [4.78, 5) is 12.5. The molecule has 0 spiro atoms. The van der Waals surface area contributed by atoms with E-state index in [2.05, 4.69) is 6.92 Å². The lowest BCUT2D eigenvalue weighted by molar-refractivity contribution is -0.189. The van der Waals surface area contributed by atoms with Gasteiger partial charge in [0.15, 0.2) is 0 Å². The number of halogens is 3. The van der Waals surface area contributed by atoms with E-state index in [1.165, 1.54) is 0 Å². The summed E-state index contributed by atoms with van der Waals surface area (Å²) in [5, 5.41) is 0. The van der Waals surface area contributed by atoms with Crippen molar-refractivity contribution in [3.05, 3.63) is 0 Å². The average Bonchev–Trinajstić information content (AvgIpc) is 2.27. The minimum absolute atomic E-state index is 0.146. The maximum absolute atomic E-state index is 12.6. The van der Waals surface area contributed by atoms with Crippen LogP contribution in [-0.4, -0.2) is 29.1 Å². The van der Waals surface area contributed by atoms with Gasteiger partial charge in [0, 0.05) is 12.1 Å². The van der Waals surface area contributed by atoms with Crippen molar-refractivity contribution in [3.63, 3.8) is 0 Å². The number of hydrogen-bond acceptors (Lipinski definition) is 1. The number of fused-ring (bicyclic) bond motifs is 2. The fourth-order valence-electron chi connectivity index (χ4n) is 4.10. The van der Waals surface area contributed by atoms with Gasteiger partial charge < -0.3 is 4.90 Å². The quantitative estimate of drug-likeness (QED) is 0.646. The van der Waals surface area contributed by atoms with Gasteiger partial charge in [-0.1, -0.05) is 13.8 Å². The number of nitrogens with zero attached hydrogens (tertiary/aromatic N) is 1. The molecule has 0 aromatic rings. The Morgan fingerprint density at radius 2 is 1.88 bits per heavy atom. The molecule has 1 saturated carbocycles. The van der Waals surface area contributed by atoms with Crippen LogP contribution in [0, 0.1) is 11.3 Å². The highest BCUT2D eigenvalue weighted by atomic mass is 19.4. The van der Waals surface area contributed by atoms with Crippen LogP contribution in [0.25, 0.3) is 0 Å². The minimum atomic E-state index is -4.75. The molecule has 0 aromatic heterocycles. The van der Waals surface area contributed by atoms with Gasteiger partial charge in [-0.05, 0) is 37.5 Å². The SMILES string of the molecule is C[C@H]1CC2(C)C[C@](C)(C1)CN2C(=O)C(F)(F)F. The van der Waals surface area contributed by atoms with Crippen molar-refractivity contribution in [3.8, 4) is 0 Å². The zero-order valence-electron chi connectivity index (χ0n) is 10.4. The predicted molar refractivity (Wildman–Crippen MR) is 57.3 cm³/mol. The van der Waals surface area contributed by atoms with Crippen LogP contribution in [0.5, 0.6) is 0 Å². The smallest absolute Gasteiger partial charge is 0.329 e. The maximum atomic E-state index is 12.6. The highest BCUT2D eigenvalue weighted by Crippen LogP contribution is 2.53. The molecule has 1 saturated heterocycles. The van der Waals surface area contributed by atoms with Gasteiger partial charge in [-0.15, -0.1) is 0 Å². The number of carbonyl (C=O) groups excluding carboxylic acids is 1. The lowest BCUT2D eigenvalue weighted by Crippen LogP contribution is -2.50. The highest BCUT2D eigenvalue weighted by Gasteiger charge is 2.58. The molecule has 2 bridgehead atoms. The summed E-state index contributed by atoms with van der Waals surface area (Å²) in [6.07, 6.45) is -2.49. The highest BCUT2D eigenvalue weighted by molar-refractivity contribution is 5.83. The predicted octanol–water partition coefficient (Wildman–Crippen LogP) is 2.98. The van der Waals surface area contributed by atoms with Crippen LogP contribution in [0.4, 0.5) is 13.2 Å². The Kier molecular flexibility index (Phi) is 2.53. The molecule has 1 amide bonds. The fraction of sp³-hybridized carbons (Fsp3) is 0.917. The second kappa shape index (κ2) is 3.39. The third kappa shape index (κ3) is 2.04. The molecule has 2 fully saturated rings. The standard InChI is InChI=1S/C12H18F3NO/c1-8-4-10(2)6-11(3,5-8)16(7-10)9(17)12(13,14)15/h8H,4-7H2,1-3H3/t8-,10+,11?/m1/s1. The van der Waals surface area contributed by atoms with E-state index in [9.17, 15) is 18.0 Å². The second-order valence-corrected chi connectivity index (χ2v) is 6.39. The molecule has 0 aromatic carbocycles. The van der Waals surface area contributed by atoms with Gasteiger partial charge >= 0.3 is 12.1 Å². The van der Waals surface area contributed by atoms with Gasteiger partial charge in [-0.3, -0.25) is 4.79 Å². The van der Waals surface area contributed by atoms with Crippen LogP contribution in [0.2, 0.25) is 0 Å². The normalized spacial score (nSPS) is 41.8. The van der Waals surface area contributed by atoms with Crippen molar-refractivity contribution < 1.29 is 18.0 Å². The van der Waals surface area contributed by atoms with Gasteiger partial charge in [0.1, 0.15) is 0 Å². The van der Waals surface area contributed by atoms with Crippen LogP contribution >= 0.6 is 0 Å². The first kappa shape index (κ1) is 12.7. The number of hydrogen-bond donors (Lipinski definition) is 0. The molecule has 1 aliphatic carbocycles. The maximum Gasteiger partial charge on any atom is 0.471 e. The summed E-state index contributed by atoms with van der Waals surface area (Å²) in [6.45, 7) is 6.07. The first-order valence-corrected chi connectivity index (χ1v) is 5.95. The number of alkyl halides is 3. The summed E-state index contributed by atoms with van der Waals surface area (Å²) in [7, 11) is 0. The van der Waals surface area contributed by atoms with Crippen LogP contribution in [0.3, 0.4) is 0 Å². The van der Waals surface area contributed by atoms with Crippen LogP contribution in [0.1, 0.15) is 40.0 Å². The molecule has 1 heterocycles. The summed E-state index contributed by atoms with van der Waals surface area (Å²) in [5.74, 6) is -1.29. The Hall–Kier alpha value is -0.740. The summed E-state index contributed by atoms with van der Waals surface area (Å²) >= 11 is 0. The van der Waals surface area contributed by atoms with Crippen molar-refractivity contribution in [1.82, 2.24) is 4.90 Å². The van der Waals surface area contributed by atoms with E-state index >= 15 is 0 Å². The van der Waals surface area contributed by atoms with Crippen molar-refractivity contribution in [2.45, 2.75) is 51.7 Å². The Labute approximate surface area is 99.2 Å². The van der Waals surface area contributed by atoms with Crippen molar-refractivity contribution in [2.75, 3.05) is 6.54 Å². The minimum Gasteiger partial charge on any atom is -0.329 e. The van der Waals surface area contributed by atoms with E-state index in [1.807, 2.05) is 6.92 Å². The van der Waals surface area contributed by atoms with Crippen LogP contribution in [-0.2, 0) is 4.79 Å². The topological polar surface area (TPSA) is 20.3 Å². The molecule has 1 unspecified atom stereocenters. The molecule has 1 aliphatic heterocycles. The largest absolute Gasteiger partial charge is 0.471 e. The molecule has 5 heteroatoms. The van der Waals surface area contributed by atoms with Gasteiger partial charge in [0.2, 0.25) is 0 Å². The molecule has 2 aliphatic rings. The Morgan fingerprint density at radius 3 is 2.41 bits per heavy atom. The number of likely N-dealkylation sites (tertiary alicyclic amines) is 1. The second-order valence-electron chi connectivity index (χ2n) is 6.39. The Morgan fingerprint density at radius 1 is 1.29 bits per heavy atom. The Bertz CT molecular complexity index is 354. The van der Waals surface area contributed by atoms with E-state index in [-0.39, 0.29) is 12.0 Å². The lowest BCUT2D eigenvalue weighted by atomic mass is 9.68. The molecule has 2 nitrogen and oxygen atoms in total.